The van der Waals surface area contributed by atoms with E-state index in [1.807, 2.05) is 19.1 Å². The summed E-state index contributed by atoms with van der Waals surface area (Å²) in [6.07, 6.45) is 2.63. The first-order valence-corrected chi connectivity index (χ1v) is 5.35. The highest BCUT2D eigenvalue weighted by Gasteiger charge is 2.39. The summed E-state index contributed by atoms with van der Waals surface area (Å²) in [6, 6.07) is 3.87. The fraction of sp³-hybridized carbons (Fsp3) is 0.500. The molecule has 1 aromatic heterocycles. The van der Waals surface area contributed by atoms with Gasteiger partial charge in [-0.2, -0.15) is 0 Å². The molecule has 0 radical (unpaired) electrons. The molecule has 1 unspecified atom stereocenters. The number of ether oxygens (including phenoxy) is 1. The maximum atomic E-state index is 10.9. The summed E-state index contributed by atoms with van der Waals surface area (Å²) in [5.74, 6) is -0.786. The minimum Gasteiger partial charge on any atom is -0.481 e. The van der Waals surface area contributed by atoms with Crippen molar-refractivity contribution in [1.29, 1.82) is 0 Å². The molecule has 86 valence electrons. The smallest absolute Gasteiger partial charge is 0.304 e. The molecule has 4 heteroatoms. The first-order valence-electron chi connectivity index (χ1n) is 5.35. The highest BCUT2D eigenvalue weighted by atomic mass is 16.5. The zero-order valence-corrected chi connectivity index (χ0v) is 9.27. The average Bonchev–Trinajstić information content (AvgIpc) is 2.67. The number of aliphatic carboxylic acids is 1. The number of pyridine rings is 1. The molecule has 1 aromatic rings. The second-order valence-electron chi connectivity index (χ2n) is 4.34. The number of rotatable bonds is 3. The summed E-state index contributed by atoms with van der Waals surface area (Å²) in [6.45, 7) is 3.02. The summed E-state index contributed by atoms with van der Waals surface area (Å²) in [4.78, 5) is 15.2. The van der Waals surface area contributed by atoms with Gasteiger partial charge in [-0.25, -0.2) is 0 Å². The van der Waals surface area contributed by atoms with E-state index in [0.29, 0.717) is 13.2 Å². The van der Waals surface area contributed by atoms with Crippen LogP contribution in [0.15, 0.2) is 18.3 Å². The Bertz CT molecular complexity index is 380. The molecule has 0 saturated carbocycles. The van der Waals surface area contributed by atoms with E-state index in [-0.39, 0.29) is 11.8 Å². The van der Waals surface area contributed by atoms with Gasteiger partial charge in [0.1, 0.15) is 0 Å². The van der Waals surface area contributed by atoms with Crippen molar-refractivity contribution in [3.05, 3.63) is 29.6 Å². The maximum Gasteiger partial charge on any atom is 0.304 e. The van der Waals surface area contributed by atoms with Crippen LogP contribution in [0.25, 0.3) is 0 Å². The van der Waals surface area contributed by atoms with Crippen LogP contribution in [-0.2, 0) is 14.9 Å². The van der Waals surface area contributed by atoms with Gasteiger partial charge in [0.05, 0.1) is 13.0 Å². The quantitative estimate of drug-likeness (QED) is 0.840. The van der Waals surface area contributed by atoms with Crippen LogP contribution in [0.3, 0.4) is 0 Å². The van der Waals surface area contributed by atoms with Gasteiger partial charge in [0.15, 0.2) is 0 Å². The molecule has 2 heterocycles. The monoisotopic (exact) mass is 221 g/mol. The van der Waals surface area contributed by atoms with Crippen LogP contribution in [0, 0.1) is 6.92 Å². The van der Waals surface area contributed by atoms with Crippen molar-refractivity contribution >= 4 is 5.97 Å². The standard InChI is InChI=1S/C12H15NO3/c1-9-2-3-10(7-13-9)12(6-11(14)15)4-5-16-8-12/h2-3,7H,4-6,8H2,1H3,(H,14,15). The van der Waals surface area contributed by atoms with Crippen LogP contribution < -0.4 is 0 Å². The summed E-state index contributed by atoms with van der Waals surface area (Å²) in [7, 11) is 0. The highest BCUT2D eigenvalue weighted by Crippen LogP contribution is 2.36. The van der Waals surface area contributed by atoms with Gasteiger partial charge >= 0.3 is 5.97 Å². The van der Waals surface area contributed by atoms with Crippen molar-refractivity contribution in [2.75, 3.05) is 13.2 Å². The second-order valence-corrected chi connectivity index (χ2v) is 4.34. The Kier molecular flexibility index (Phi) is 2.92. The lowest BCUT2D eigenvalue weighted by Gasteiger charge is -2.25. The summed E-state index contributed by atoms with van der Waals surface area (Å²) in [5.41, 5.74) is 1.53. The van der Waals surface area contributed by atoms with Gasteiger partial charge in [0, 0.05) is 23.9 Å². The van der Waals surface area contributed by atoms with E-state index in [2.05, 4.69) is 4.98 Å². The molecule has 0 aromatic carbocycles. The minimum atomic E-state index is -0.786. The fourth-order valence-corrected chi connectivity index (χ4v) is 2.15. The molecule has 1 atom stereocenters. The Hall–Kier alpha value is -1.42. The molecule has 1 saturated heterocycles. The van der Waals surface area contributed by atoms with E-state index in [1.165, 1.54) is 0 Å². The third kappa shape index (κ3) is 2.07. The molecule has 1 fully saturated rings. The molecule has 0 spiro atoms. The van der Waals surface area contributed by atoms with Crippen LogP contribution in [0.2, 0.25) is 0 Å². The molecule has 0 amide bonds. The topological polar surface area (TPSA) is 59.4 Å². The van der Waals surface area contributed by atoms with E-state index in [1.54, 1.807) is 6.20 Å². The number of carboxylic acid groups (broad SMARTS) is 1. The maximum absolute atomic E-state index is 10.9. The van der Waals surface area contributed by atoms with Crippen LogP contribution >= 0.6 is 0 Å². The van der Waals surface area contributed by atoms with Gasteiger partial charge in [-0.3, -0.25) is 9.78 Å². The van der Waals surface area contributed by atoms with Crippen molar-refractivity contribution < 1.29 is 14.6 Å². The molecule has 0 bridgehead atoms. The van der Waals surface area contributed by atoms with E-state index in [0.717, 1.165) is 17.7 Å². The van der Waals surface area contributed by atoms with Crippen molar-refractivity contribution in [2.24, 2.45) is 0 Å². The molecule has 1 N–H and O–H groups in total. The summed E-state index contributed by atoms with van der Waals surface area (Å²) < 4.78 is 5.35. The summed E-state index contributed by atoms with van der Waals surface area (Å²) in [5, 5.41) is 8.98. The van der Waals surface area contributed by atoms with E-state index in [9.17, 15) is 4.79 Å². The van der Waals surface area contributed by atoms with Gasteiger partial charge < -0.3 is 9.84 Å². The lowest BCUT2D eigenvalue weighted by Crippen LogP contribution is -2.30. The molecule has 16 heavy (non-hydrogen) atoms. The fourth-order valence-electron chi connectivity index (χ4n) is 2.15. The van der Waals surface area contributed by atoms with Gasteiger partial charge in [0.2, 0.25) is 0 Å². The van der Waals surface area contributed by atoms with E-state index < -0.39 is 5.97 Å². The predicted molar refractivity (Wildman–Crippen MR) is 58.3 cm³/mol. The van der Waals surface area contributed by atoms with Crippen molar-refractivity contribution in [3.63, 3.8) is 0 Å². The zero-order chi connectivity index (χ0) is 11.6. The van der Waals surface area contributed by atoms with E-state index in [4.69, 9.17) is 9.84 Å². The largest absolute Gasteiger partial charge is 0.481 e. The highest BCUT2D eigenvalue weighted by molar-refractivity contribution is 5.69. The Labute approximate surface area is 94.3 Å². The first kappa shape index (κ1) is 11.1. The normalized spacial score (nSPS) is 24.6. The zero-order valence-electron chi connectivity index (χ0n) is 9.27. The Morgan fingerprint density at radius 3 is 2.94 bits per heavy atom. The van der Waals surface area contributed by atoms with E-state index >= 15 is 0 Å². The lowest BCUT2D eigenvalue weighted by molar-refractivity contribution is -0.138. The molecule has 1 aliphatic heterocycles. The molecular formula is C12H15NO3. The van der Waals surface area contributed by atoms with Crippen LogP contribution in [-0.4, -0.2) is 29.3 Å². The predicted octanol–water partition coefficient (Wildman–Crippen LogP) is 1.52. The number of hydrogen-bond donors (Lipinski definition) is 1. The van der Waals surface area contributed by atoms with Crippen LogP contribution in [0.1, 0.15) is 24.1 Å². The minimum absolute atomic E-state index is 0.109. The number of carbonyl (C=O) groups is 1. The van der Waals surface area contributed by atoms with Gasteiger partial charge in [-0.05, 0) is 25.0 Å². The van der Waals surface area contributed by atoms with Crippen molar-refractivity contribution in [2.45, 2.75) is 25.2 Å². The van der Waals surface area contributed by atoms with Crippen molar-refractivity contribution in [1.82, 2.24) is 4.98 Å². The number of aryl methyl sites for hydroxylation is 1. The molecule has 4 nitrogen and oxygen atoms in total. The number of hydrogen-bond acceptors (Lipinski definition) is 3. The van der Waals surface area contributed by atoms with Gasteiger partial charge in [0.25, 0.3) is 0 Å². The number of carboxylic acids is 1. The van der Waals surface area contributed by atoms with Crippen molar-refractivity contribution in [3.8, 4) is 0 Å². The van der Waals surface area contributed by atoms with Gasteiger partial charge in [-0.15, -0.1) is 0 Å². The average molecular weight is 221 g/mol. The Morgan fingerprint density at radius 2 is 2.44 bits per heavy atom. The number of nitrogens with zero attached hydrogens (tertiary/aromatic N) is 1. The summed E-state index contributed by atoms with van der Waals surface area (Å²) >= 11 is 0. The lowest BCUT2D eigenvalue weighted by atomic mass is 9.78. The molecule has 0 aliphatic carbocycles. The Morgan fingerprint density at radius 1 is 1.62 bits per heavy atom. The third-order valence-electron chi connectivity index (χ3n) is 3.12. The second kappa shape index (κ2) is 4.22. The van der Waals surface area contributed by atoms with Crippen LogP contribution in [0.4, 0.5) is 0 Å². The third-order valence-corrected chi connectivity index (χ3v) is 3.12. The molecule has 1 aliphatic rings. The van der Waals surface area contributed by atoms with Gasteiger partial charge in [-0.1, -0.05) is 6.07 Å². The SMILES string of the molecule is Cc1ccc(C2(CC(=O)O)CCOC2)cn1. The molecular weight excluding hydrogens is 206 g/mol. The number of aromatic nitrogens is 1. The first-order chi connectivity index (χ1) is 7.62. The Balaban J connectivity index is 2.31. The van der Waals surface area contributed by atoms with Crippen LogP contribution in [0.5, 0.6) is 0 Å². The molecule has 2 rings (SSSR count).